The summed E-state index contributed by atoms with van der Waals surface area (Å²) in [7, 11) is 0. The molecule has 3 rings (SSSR count). The third-order valence-electron chi connectivity index (χ3n) is 4.04. The van der Waals surface area contributed by atoms with Crippen LogP contribution >= 0.6 is 15.9 Å². The molecule has 1 aliphatic rings. The van der Waals surface area contributed by atoms with Crippen molar-refractivity contribution in [1.29, 1.82) is 0 Å². The Morgan fingerprint density at radius 1 is 1.17 bits per heavy atom. The molecule has 0 aliphatic heterocycles. The van der Waals surface area contributed by atoms with E-state index in [1.54, 1.807) is 0 Å². The highest BCUT2D eigenvalue weighted by Gasteiger charge is 2.40. The third-order valence-corrected chi connectivity index (χ3v) is 4.53. The van der Waals surface area contributed by atoms with Crippen molar-refractivity contribution in [2.24, 2.45) is 0 Å². The molecule has 1 saturated carbocycles. The van der Waals surface area contributed by atoms with E-state index in [0.29, 0.717) is 0 Å². The van der Waals surface area contributed by atoms with Crippen molar-refractivity contribution in [2.45, 2.75) is 24.8 Å². The first-order valence-electron chi connectivity index (χ1n) is 7.14. The summed E-state index contributed by atoms with van der Waals surface area (Å²) in [6.45, 7) is 0. The molecule has 1 aliphatic carbocycles. The average molecular weight is 376 g/mol. The van der Waals surface area contributed by atoms with Gasteiger partial charge < -0.3 is 10.4 Å². The van der Waals surface area contributed by atoms with Gasteiger partial charge >= 0.3 is 5.97 Å². The number of carboxylic acid groups (broad SMARTS) is 1. The third kappa shape index (κ3) is 3.10. The van der Waals surface area contributed by atoms with Crippen molar-refractivity contribution in [2.75, 3.05) is 0 Å². The molecule has 1 fully saturated rings. The lowest BCUT2D eigenvalue weighted by molar-refractivity contribution is 0.0687. The van der Waals surface area contributed by atoms with Crippen LogP contribution in [-0.2, 0) is 5.54 Å². The number of amides is 1. The lowest BCUT2D eigenvalue weighted by Crippen LogP contribution is -2.51. The summed E-state index contributed by atoms with van der Waals surface area (Å²) >= 11 is 3.45. The Kier molecular flexibility index (Phi) is 4.12. The van der Waals surface area contributed by atoms with Crippen LogP contribution in [0.15, 0.2) is 41.1 Å². The van der Waals surface area contributed by atoms with Crippen LogP contribution in [0.4, 0.5) is 0 Å². The number of benzene rings is 1. The van der Waals surface area contributed by atoms with Crippen LogP contribution in [0.25, 0.3) is 0 Å². The Labute approximate surface area is 141 Å². The van der Waals surface area contributed by atoms with E-state index in [4.69, 9.17) is 5.11 Å². The van der Waals surface area contributed by atoms with Crippen molar-refractivity contribution in [3.63, 3.8) is 0 Å². The van der Waals surface area contributed by atoms with Gasteiger partial charge in [0, 0.05) is 4.47 Å². The monoisotopic (exact) mass is 375 g/mol. The summed E-state index contributed by atoms with van der Waals surface area (Å²) in [5.41, 5.74) is 0.568. The van der Waals surface area contributed by atoms with E-state index in [1.807, 2.05) is 24.3 Å². The molecular weight excluding hydrogens is 362 g/mol. The molecular formula is C16H14BrN3O3. The highest BCUT2D eigenvalue weighted by atomic mass is 79.9. The zero-order valence-corrected chi connectivity index (χ0v) is 13.7. The minimum Gasteiger partial charge on any atom is -0.476 e. The van der Waals surface area contributed by atoms with E-state index in [1.165, 1.54) is 6.20 Å². The summed E-state index contributed by atoms with van der Waals surface area (Å²) < 4.78 is 0.959. The van der Waals surface area contributed by atoms with Crippen LogP contribution in [0.5, 0.6) is 0 Å². The normalized spacial score (nSPS) is 15.5. The molecule has 0 radical (unpaired) electrons. The second-order valence-corrected chi connectivity index (χ2v) is 6.41. The molecule has 1 aromatic carbocycles. The van der Waals surface area contributed by atoms with Crippen LogP contribution in [0.2, 0.25) is 0 Å². The van der Waals surface area contributed by atoms with Gasteiger partial charge in [0.05, 0.1) is 17.9 Å². The van der Waals surface area contributed by atoms with Crippen LogP contribution < -0.4 is 5.32 Å². The Morgan fingerprint density at radius 3 is 2.39 bits per heavy atom. The van der Waals surface area contributed by atoms with Gasteiger partial charge in [-0.25, -0.2) is 14.8 Å². The maximum absolute atomic E-state index is 12.4. The van der Waals surface area contributed by atoms with Gasteiger partial charge in [-0.1, -0.05) is 28.1 Å². The fraction of sp³-hybridized carbons (Fsp3) is 0.250. The Hall–Kier alpha value is -2.28. The number of rotatable bonds is 4. The van der Waals surface area contributed by atoms with Crippen molar-refractivity contribution in [3.05, 3.63) is 58.1 Å². The number of halogens is 1. The molecule has 0 spiro atoms. The minimum atomic E-state index is -1.17. The number of nitrogens with zero attached hydrogens (tertiary/aromatic N) is 2. The summed E-state index contributed by atoms with van der Waals surface area (Å²) in [5.74, 6) is -1.52. The Bertz CT molecular complexity index is 757. The SMILES string of the molecule is O=C(O)c1cnc(C(=O)NC2(c3cccc(Br)c3)CCC2)cn1. The highest BCUT2D eigenvalue weighted by molar-refractivity contribution is 9.10. The fourth-order valence-electron chi connectivity index (χ4n) is 2.64. The van der Waals surface area contributed by atoms with E-state index in [-0.39, 0.29) is 17.3 Å². The number of aromatic carboxylic acids is 1. The molecule has 1 heterocycles. The largest absolute Gasteiger partial charge is 0.476 e. The van der Waals surface area contributed by atoms with Crippen molar-refractivity contribution in [3.8, 4) is 0 Å². The number of hydrogen-bond donors (Lipinski definition) is 2. The lowest BCUT2D eigenvalue weighted by atomic mass is 9.71. The second kappa shape index (κ2) is 6.08. The summed E-state index contributed by atoms with van der Waals surface area (Å²) in [6.07, 6.45) is 5.03. The van der Waals surface area contributed by atoms with E-state index < -0.39 is 11.5 Å². The number of carboxylic acids is 1. The van der Waals surface area contributed by atoms with Crippen molar-refractivity contribution >= 4 is 27.8 Å². The first kappa shape index (κ1) is 15.6. The van der Waals surface area contributed by atoms with Gasteiger partial charge in [0.2, 0.25) is 0 Å². The molecule has 0 unspecified atom stereocenters. The van der Waals surface area contributed by atoms with Gasteiger partial charge in [-0.15, -0.1) is 0 Å². The zero-order chi connectivity index (χ0) is 16.4. The Balaban J connectivity index is 1.81. The molecule has 0 atom stereocenters. The number of nitrogens with one attached hydrogen (secondary N) is 1. The summed E-state index contributed by atoms with van der Waals surface area (Å²) in [4.78, 5) is 30.8. The predicted molar refractivity (Wildman–Crippen MR) is 86.1 cm³/mol. The number of hydrogen-bond acceptors (Lipinski definition) is 4. The smallest absolute Gasteiger partial charge is 0.356 e. The molecule has 0 saturated heterocycles. The quantitative estimate of drug-likeness (QED) is 0.856. The molecule has 2 N–H and O–H groups in total. The van der Waals surface area contributed by atoms with Gasteiger partial charge in [0.1, 0.15) is 5.69 Å². The van der Waals surface area contributed by atoms with E-state index >= 15 is 0 Å². The minimum absolute atomic E-state index is 0.108. The molecule has 0 bridgehead atoms. The predicted octanol–water partition coefficient (Wildman–Crippen LogP) is 2.75. The van der Waals surface area contributed by atoms with E-state index in [9.17, 15) is 9.59 Å². The van der Waals surface area contributed by atoms with Crippen LogP contribution in [0, 0.1) is 0 Å². The van der Waals surface area contributed by atoms with Crippen molar-refractivity contribution in [1.82, 2.24) is 15.3 Å². The summed E-state index contributed by atoms with van der Waals surface area (Å²) in [6, 6.07) is 7.86. The van der Waals surface area contributed by atoms with Crippen molar-refractivity contribution < 1.29 is 14.7 Å². The lowest BCUT2D eigenvalue weighted by Gasteiger charge is -2.43. The first-order valence-corrected chi connectivity index (χ1v) is 7.93. The van der Waals surface area contributed by atoms with E-state index in [0.717, 1.165) is 35.5 Å². The highest BCUT2D eigenvalue weighted by Crippen LogP contribution is 2.42. The van der Waals surface area contributed by atoms with Gasteiger partial charge in [-0.2, -0.15) is 0 Å². The number of carbonyl (C=O) groups is 2. The number of aromatic nitrogens is 2. The maximum atomic E-state index is 12.4. The molecule has 23 heavy (non-hydrogen) atoms. The van der Waals surface area contributed by atoms with Crippen LogP contribution in [-0.4, -0.2) is 27.0 Å². The fourth-order valence-corrected chi connectivity index (χ4v) is 3.04. The standard InChI is InChI=1S/C16H14BrN3O3/c17-11-4-1-3-10(7-11)16(5-2-6-16)20-14(21)12-8-19-13(9-18-12)15(22)23/h1,3-4,7-9H,2,5-6H2,(H,20,21)(H,22,23). The van der Waals surface area contributed by atoms with Crippen LogP contribution in [0.3, 0.4) is 0 Å². The van der Waals surface area contributed by atoms with E-state index in [2.05, 4.69) is 31.2 Å². The topological polar surface area (TPSA) is 92.2 Å². The molecule has 1 amide bonds. The molecule has 2 aromatic rings. The second-order valence-electron chi connectivity index (χ2n) is 5.49. The molecule has 7 heteroatoms. The molecule has 118 valence electrons. The average Bonchev–Trinajstić information content (AvgIpc) is 2.50. The Morgan fingerprint density at radius 2 is 1.87 bits per heavy atom. The van der Waals surface area contributed by atoms with Gasteiger partial charge in [0.25, 0.3) is 5.91 Å². The van der Waals surface area contributed by atoms with Gasteiger partial charge in [-0.3, -0.25) is 4.79 Å². The van der Waals surface area contributed by atoms with Gasteiger partial charge in [0.15, 0.2) is 5.69 Å². The molecule has 6 nitrogen and oxygen atoms in total. The van der Waals surface area contributed by atoms with Gasteiger partial charge in [-0.05, 0) is 37.0 Å². The maximum Gasteiger partial charge on any atom is 0.356 e. The molecule has 1 aromatic heterocycles. The number of carbonyl (C=O) groups excluding carboxylic acids is 1. The summed E-state index contributed by atoms with van der Waals surface area (Å²) in [5, 5.41) is 11.8. The first-order chi connectivity index (χ1) is 11.0. The van der Waals surface area contributed by atoms with Crippen LogP contribution in [0.1, 0.15) is 45.8 Å². The zero-order valence-electron chi connectivity index (χ0n) is 12.1.